The van der Waals surface area contributed by atoms with E-state index in [1.807, 2.05) is 6.07 Å². The van der Waals surface area contributed by atoms with Crippen molar-refractivity contribution in [3.05, 3.63) is 22.8 Å². The molecule has 5 heteroatoms. The van der Waals surface area contributed by atoms with Crippen LogP contribution >= 0.6 is 0 Å². The predicted octanol–water partition coefficient (Wildman–Crippen LogP) is 1.74. The fourth-order valence-corrected chi connectivity index (χ4v) is 3.35. The zero-order valence-corrected chi connectivity index (χ0v) is 11.9. The molecule has 0 fully saturated rings. The quantitative estimate of drug-likeness (QED) is 0.825. The van der Waals surface area contributed by atoms with Gasteiger partial charge >= 0.3 is 0 Å². The van der Waals surface area contributed by atoms with Gasteiger partial charge in [-0.25, -0.2) is 0 Å². The van der Waals surface area contributed by atoms with Crippen LogP contribution in [0.25, 0.3) is 0 Å². The Balaban J connectivity index is 2.23. The summed E-state index contributed by atoms with van der Waals surface area (Å²) in [6.45, 7) is 2.20. The molecule has 3 rings (SSSR count). The molecule has 1 aliphatic carbocycles. The molecule has 0 spiro atoms. The van der Waals surface area contributed by atoms with E-state index in [0.29, 0.717) is 30.0 Å². The SMILES string of the molecule is COc1cc2c3c(c1OC)C(=O)CC3N(C(C)=O)CC2. The molecule has 2 aliphatic rings. The van der Waals surface area contributed by atoms with Gasteiger partial charge in [-0.1, -0.05) is 0 Å². The Morgan fingerprint density at radius 1 is 1.35 bits per heavy atom. The summed E-state index contributed by atoms with van der Waals surface area (Å²) in [5.74, 6) is 1.11. The highest BCUT2D eigenvalue weighted by Gasteiger charge is 2.42. The Hall–Kier alpha value is -2.04. The van der Waals surface area contributed by atoms with E-state index in [2.05, 4.69) is 0 Å². The van der Waals surface area contributed by atoms with E-state index in [1.165, 1.54) is 7.11 Å². The van der Waals surface area contributed by atoms with Crippen LogP contribution in [0.2, 0.25) is 0 Å². The first-order valence-corrected chi connectivity index (χ1v) is 6.66. The third-order valence-corrected chi connectivity index (χ3v) is 4.19. The molecule has 1 aliphatic heterocycles. The van der Waals surface area contributed by atoms with Gasteiger partial charge in [0.25, 0.3) is 0 Å². The van der Waals surface area contributed by atoms with Crippen molar-refractivity contribution in [2.75, 3.05) is 20.8 Å². The van der Waals surface area contributed by atoms with Gasteiger partial charge in [0.1, 0.15) is 0 Å². The van der Waals surface area contributed by atoms with Gasteiger partial charge in [-0.15, -0.1) is 0 Å². The monoisotopic (exact) mass is 275 g/mol. The highest BCUT2D eigenvalue weighted by Crippen LogP contribution is 2.48. The van der Waals surface area contributed by atoms with Crippen LogP contribution in [0.4, 0.5) is 0 Å². The van der Waals surface area contributed by atoms with E-state index in [9.17, 15) is 9.59 Å². The minimum absolute atomic E-state index is 0.0103. The van der Waals surface area contributed by atoms with Crippen molar-refractivity contribution in [3.8, 4) is 11.5 Å². The van der Waals surface area contributed by atoms with Crippen LogP contribution in [0, 0.1) is 0 Å². The molecule has 0 bridgehead atoms. The third-order valence-electron chi connectivity index (χ3n) is 4.19. The van der Waals surface area contributed by atoms with E-state index in [1.54, 1.807) is 18.9 Å². The number of carbonyl (C=O) groups excluding carboxylic acids is 2. The summed E-state index contributed by atoms with van der Waals surface area (Å²) >= 11 is 0. The Kier molecular flexibility index (Phi) is 2.92. The molecule has 0 saturated carbocycles. The van der Waals surface area contributed by atoms with Gasteiger partial charge in [0.05, 0.1) is 25.8 Å². The number of ether oxygens (including phenoxy) is 2. The summed E-state index contributed by atoms with van der Waals surface area (Å²) in [6, 6.07) is 1.79. The van der Waals surface area contributed by atoms with Gasteiger partial charge in [0.2, 0.25) is 5.91 Å². The maximum absolute atomic E-state index is 12.4. The van der Waals surface area contributed by atoms with Crippen molar-refractivity contribution in [2.45, 2.75) is 25.8 Å². The van der Waals surface area contributed by atoms with Crippen molar-refractivity contribution in [3.63, 3.8) is 0 Å². The molecule has 20 heavy (non-hydrogen) atoms. The largest absolute Gasteiger partial charge is 0.493 e. The molecule has 1 amide bonds. The molecule has 0 N–H and O–H groups in total. The van der Waals surface area contributed by atoms with Crippen LogP contribution in [-0.2, 0) is 11.2 Å². The number of nitrogens with zero attached hydrogens (tertiary/aromatic N) is 1. The Morgan fingerprint density at radius 2 is 2.10 bits per heavy atom. The maximum Gasteiger partial charge on any atom is 0.219 e. The number of methoxy groups -OCH3 is 2. The molecule has 1 heterocycles. The Bertz CT molecular complexity index is 608. The van der Waals surface area contributed by atoms with Crippen LogP contribution in [0.15, 0.2) is 6.07 Å². The van der Waals surface area contributed by atoms with Crippen molar-refractivity contribution in [1.29, 1.82) is 0 Å². The highest BCUT2D eigenvalue weighted by molar-refractivity contribution is 6.05. The minimum Gasteiger partial charge on any atom is -0.493 e. The lowest BCUT2D eigenvalue weighted by molar-refractivity contribution is -0.131. The number of hydrogen-bond donors (Lipinski definition) is 0. The normalized spacial score (nSPS) is 19.9. The summed E-state index contributed by atoms with van der Waals surface area (Å²) in [7, 11) is 3.10. The molecule has 0 radical (unpaired) electrons. The molecule has 106 valence electrons. The highest BCUT2D eigenvalue weighted by atomic mass is 16.5. The molecule has 1 atom stereocenters. The van der Waals surface area contributed by atoms with E-state index in [0.717, 1.165) is 17.5 Å². The van der Waals surface area contributed by atoms with Crippen LogP contribution in [0.3, 0.4) is 0 Å². The van der Waals surface area contributed by atoms with Crippen molar-refractivity contribution < 1.29 is 19.1 Å². The fraction of sp³-hybridized carbons (Fsp3) is 0.467. The zero-order valence-electron chi connectivity index (χ0n) is 11.9. The summed E-state index contributed by atoms with van der Waals surface area (Å²) in [6.07, 6.45) is 1.08. The lowest BCUT2D eigenvalue weighted by Gasteiger charge is -2.34. The first-order valence-electron chi connectivity index (χ1n) is 6.66. The van der Waals surface area contributed by atoms with Gasteiger partial charge in [-0.05, 0) is 23.6 Å². The van der Waals surface area contributed by atoms with Crippen LogP contribution < -0.4 is 9.47 Å². The van der Waals surface area contributed by atoms with Gasteiger partial charge in [0.15, 0.2) is 17.3 Å². The lowest BCUT2D eigenvalue weighted by Crippen LogP contribution is -2.37. The predicted molar refractivity (Wildman–Crippen MR) is 72.3 cm³/mol. The number of ketones is 1. The second kappa shape index (κ2) is 4.51. The first-order chi connectivity index (χ1) is 9.58. The van der Waals surface area contributed by atoms with Gasteiger partial charge in [-0.3, -0.25) is 9.59 Å². The van der Waals surface area contributed by atoms with Crippen molar-refractivity contribution >= 4 is 11.7 Å². The van der Waals surface area contributed by atoms with Gasteiger partial charge in [-0.2, -0.15) is 0 Å². The van der Waals surface area contributed by atoms with E-state index >= 15 is 0 Å². The van der Waals surface area contributed by atoms with E-state index in [-0.39, 0.29) is 17.7 Å². The summed E-state index contributed by atoms with van der Waals surface area (Å²) in [5, 5.41) is 0. The topological polar surface area (TPSA) is 55.8 Å². The molecule has 1 aromatic rings. The van der Waals surface area contributed by atoms with Crippen LogP contribution in [-0.4, -0.2) is 37.4 Å². The number of rotatable bonds is 2. The summed E-state index contributed by atoms with van der Waals surface area (Å²) < 4.78 is 10.7. The average Bonchev–Trinajstić information content (AvgIpc) is 2.77. The first kappa shape index (κ1) is 13.0. The standard InChI is InChI=1S/C15H17NO4/c1-8(17)16-5-4-9-6-12(19-2)15(20-3)14-11(18)7-10(16)13(9)14/h6,10H,4-5,7H2,1-3H3. The molecule has 5 nitrogen and oxygen atoms in total. The molecule has 0 saturated heterocycles. The fourth-order valence-electron chi connectivity index (χ4n) is 3.35. The number of amides is 1. The Morgan fingerprint density at radius 3 is 2.70 bits per heavy atom. The van der Waals surface area contributed by atoms with Gasteiger partial charge < -0.3 is 14.4 Å². The number of hydrogen-bond acceptors (Lipinski definition) is 4. The number of benzene rings is 1. The molecular formula is C15H17NO4. The smallest absolute Gasteiger partial charge is 0.219 e. The number of Topliss-reactive ketones (excluding diaryl/α,β-unsaturated/α-hetero) is 1. The van der Waals surface area contributed by atoms with E-state index < -0.39 is 0 Å². The number of carbonyl (C=O) groups is 2. The van der Waals surface area contributed by atoms with Crippen molar-refractivity contribution in [1.82, 2.24) is 4.90 Å². The second-order valence-corrected chi connectivity index (χ2v) is 5.17. The van der Waals surface area contributed by atoms with Crippen LogP contribution in [0.5, 0.6) is 11.5 Å². The maximum atomic E-state index is 12.4. The molecule has 1 aromatic carbocycles. The Labute approximate surface area is 117 Å². The lowest BCUT2D eigenvalue weighted by atomic mass is 9.92. The molecule has 1 unspecified atom stereocenters. The molecular weight excluding hydrogens is 258 g/mol. The van der Waals surface area contributed by atoms with Gasteiger partial charge in [0, 0.05) is 19.9 Å². The van der Waals surface area contributed by atoms with Crippen molar-refractivity contribution in [2.24, 2.45) is 0 Å². The third kappa shape index (κ3) is 1.62. The molecule has 0 aromatic heterocycles. The second-order valence-electron chi connectivity index (χ2n) is 5.17. The van der Waals surface area contributed by atoms with E-state index in [4.69, 9.17) is 9.47 Å². The zero-order chi connectivity index (χ0) is 14.4. The van der Waals surface area contributed by atoms with Crippen LogP contribution in [0.1, 0.15) is 40.9 Å². The average molecular weight is 275 g/mol. The summed E-state index contributed by atoms with van der Waals surface area (Å²) in [5.41, 5.74) is 2.64. The summed E-state index contributed by atoms with van der Waals surface area (Å²) in [4.78, 5) is 25.9. The minimum atomic E-state index is -0.140.